The maximum Gasteiger partial charge on any atom is 0.270 e. The molecular weight excluding hydrogens is 450 g/mol. The summed E-state index contributed by atoms with van der Waals surface area (Å²) in [5.74, 6) is 0.603. The molecule has 184 valence electrons. The van der Waals surface area contributed by atoms with E-state index in [9.17, 15) is 9.59 Å². The Balaban J connectivity index is 1.16. The zero-order valence-corrected chi connectivity index (χ0v) is 20.8. The fraction of sp³-hybridized carbons (Fsp3) is 0.333. The van der Waals surface area contributed by atoms with Crippen molar-refractivity contribution in [2.24, 2.45) is 5.92 Å². The first-order chi connectivity index (χ1) is 17.5. The van der Waals surface area contributed by atoms with Gasteiger partial charge in [-0.1, -0.05) is 60.2 Å². The lowest BCUT2D eigenvalue weighted by Crippen LogP contribution is -2.56. The predicted molar refractivity (Wildman–Crippen MR) is 139 cm³/mol. The van der Waals surface area contributed by atoms with Crippen LogP contribution in [0.2, 0.25) is 0 Å². The van der Waals surface area contributed by atoms with E-state index in [1.807, 2.05) is 44.7 Å². The number of furan rings is 1. The van der Waals surface area contributed by atoms with Crippen molar-refractivity contribution < 1.29 is 14.0 Å². The Labute approximate surface area is 211 Å². The van der Waals surface area contributed by atoms with Crippen molar-refractivity contribution in [1.29, 1.82) is 0 Å². The number of carbonyl (C=O) groups is 2. The summed E-state index contributed by atoms with van der Waals surface area (Å²) < 4.78 is 7.72. The van der Waals surface area contributed by atoms with Crippen molar-refractivity contribution >= 4 is 22.9 Å². The fourth-order valence-electron chi connectivity index (χ4n) is 5.57. The third kappa shape index (κ3) is 4.11. The average molecular weight is 482 g/mol. The molecule has 2 aromatic heterocycles. The first kappa shape index (κ1) is 22.7. The van der Waals surface area contributed by atoms with E-state index < -0.39 is 0 Å². The quantitative estimate of drug-likeness (QED) is 0.400. The molecule has 0 spiro atoms. The summed E-state index contributed by atoms with van der Waals surface area (Å²) in [7, 11) is 0. The van der Waals surface area contributed by atoms with Crippen molar-refractivity contribution in [3.8, 4) is 0 Å². The number of fused-ring (bicyclic) bond motifs is 1. The number of piperazine rings is 1. The number of aryl methyl sites for hydroxylation is 1. The Hall–Kier alpha value is -3.80. The van der Waals surface area contributed by atoms with Crippen LogP contribution in [0.4, 0.5) is 0 Å². The summed E-state index contributed by atoms with van der Waals surface area (Å²) in [6.07, 6.45) is 2.58. The lowest BCUT2D eigenvalue weighted by atomic mass is 10.1. The topological polar surface area (TPSA) is 58.7 Å². The number of nitrogens with zero attached hydrogens (tertiary/aromatic N) is 3. The molecule has 2 amide bonds. The first-order valence-electron chi connectivity index (χ1n) is 12.8. The van der Waals surface area contributed by atoms with Crippen LogP contribution in [-0.2, 0) is 11.3 Å². The van der Waals surface area contributed by atoms with Gasteiger partial charge in [-0.3, -0.25) is 9.59 Å². The third-order valence-corrected chi connectivity index (χ3v) is 7.72. The summed E-state index contributed by atoms with van der Waals surface area (Å²) in [6.45, 7) is 6.32. The van der Waals surface area contributed by atoms with E-state index in [0.717, 1.165) is 17.4 Å². The number of hydrogen-bond donors (Lipinski definition) is 0. The van der Waals surface area contributed by atoms with Gasteiger partial charge < -0.3 is 18.8 Å². The van der Waals surface area contributed by atoms with Gasteiger partial charge in [-0.2, -0.15) is 0 Å². The third-order valence-electron chi connectivity index (χ3n) is 7.72. The van der Waals surface area contributed by atoms with Gasteiger partial charge in [-0.25, -0.2) is 0 Å². The molecule has 1 saturated heterocycles. The van der Waals surface area contributed by atoms with Gasteiger partial charge in [-0.05, 0) is 49.4 Å². The first-order valence-corrected chi connectivity index (χ1v) is 12.8. The second-order valence-electron chi connectivity index (χ2n) is 10.3. The highest BCUT2D eigenvalue weighted by atomic mass is 16.3. The second-order valence-corrected chi connectivity index (χ2v) is 10.3. The molecule has 3 atom stereocenters. The minimum Gasteiger partial charge on any atom is -0.448 e. The van der Waals surface area contributed by atoms with E-state index in [0.29, 0.717) is 43.5 Å². The van der Waals surface area contributed by atoms with E-state index >= 15 is 0 Å². The van der Waals surface area contributed by atoms with Gasteiger partial charge in [0.2, 0.25) is 11.6 Å². The standard InChI is InChI=1S/C30H31N3O3/c1-20-8-10-22(11-9-20)19-33-27(16-24-12-15-36-30(24)33)29(35)31-13-14-32(21(2)18-31)28(34)26-17-25(26)23-6-4-3-5-7-23/h3-12,15-16,21,25-26H,13-14,17-19H2,1-2H3/t21-,25-,26-/m0/s1. The SMILES string of the molecule is Cc1ccc(Cn2c(C(=O)N3CCN(C(=O)[C@H]4C[C@H]4c4ccccc4)[C@@H](C)C3)cc3ccoc32)cc1. The Morgan fingerprint density at radius 1 is 1.00 bits per heavy atom. The smallest absolute Gasteiger partial charge is 0.270 e. The summed E-state index contributed by atoms with van der Waals surface area (Å²) in [5, 5.41) is 0.924. The van der Waals surface area contributed by atoms with Crippen molar-refractivity contribution in [2.75, 3.05) is 19.6 Å². The minimum atomic E-state index is -0.0178. The number of amides is 2. The lowest BCUT2D eigenvalue weighted by molar-refractivity contribution is -0.136. The van der Waals surface area contributed by atoms with Crippen LogP contribution in [0.1, 0.15) is 46.4 Å². The monoisotopic (exact) mass is 481 g/mol. The summed E-state index contributed by atoms with van der Waals surface area (Å²) >= 11 is 0. The molecule has 2 fully saturated rings. The molecule has 3 heterocycles. The molecule has 6 nitrogen and oxygen atoms in total. The molecule has 6 rings (SSSR count). The zero-order chi connectivity index (χ0) is 24.8. The van der Waals surface area contributed by atoms with Gasteiger partial charge in [0.15, 0.2) is 0 Å². The summed E-state index contributed by atoms with van der Waals surface area (Å²) in [5.41, 5.74) is 4.90. The zero-order valence-electron chi connectivity index (χ0n) is 20.8. The maximum absolute atomic E-state index is 13.7. The van der Waals surface area contributed by atoms with Gasteiger partial charge in [0.25, 0.3) is 5.91 Å². The Morgan fingerprint density at radius 2 is 1.78 bits per heavy atom. The molecule has 2 aliphatic rings. The van der Waals surface area contributed by atoms with Gasteiger partial charge in [0.05, 0.1) is 12.8 Å². The van der Waals surface area contributed by atoms with E-state index in [4.69, 9.17) is 4.42 Å². The highest BCUT2D eigenvalue weighted by Gasteiger charge is 2.47. The molecule has 6 heteroatoms. The summed E-state index contributed by atoms with van der Waals surface area (Å²) in [6, 6.07) is 22.4. The van der Waals surface area contributed by atoms with Crippen LogP contribution in [0.25, 0.3) is 11.1 Å². The second kappa shape index (κ2) is 9.01. The van der Waals surface area contributed by atoms with E-state index in [2.05, 4.69) is 50.2 Å². The van der Waals surface area contributed by atoms with Gasteiger partial charge in [0.1, 0.15) is 5.69 Å². The van der Waals surface area contributed by atoms with Crippen LogP contribution in [0, 0.1) is 12.8 Å². The molecule has 0 radical (unpaired) electrons. The van der Waals surface area contributed by atoms with E-state index in [-0.39, 0.29) is 23.8 Å². The predicted octanol–water partition coefficient (Wildman–Crippen LogP) is 5.07. The Kier molecular flexibility index (Phi) is 5.67. The number of carbonyl (C=O) groups excluding carboxylic acids is 2. The average Bonchev–Trinajstić information content (AvgIpc) is 3.45. The molecule has 0 bridgehead atoms. The van der Waals surface area contributed by atoms with Gasteiger partial charge in [-0.15, -0.1) is 0 Å². The molecule has 2 aromatic carbocycles. The minimum absolute atomic E-state index is 0.0129. The van der Waals surface area contributed by atoms with Gasteiger partial charge >= 0.3 is 0 Å². The number of rotatable bonds is 5. The maximum atomic E-state index is 13.7. The number of hydrogen-bond acceptors (Lipinski definition) is 3. The van der Waals surface area contributed by atoms with Crippen LogP contribution in [0.3, 0.4) is 0 Å². The largest absolute Gasteiger partial charge is 0.448 e. The van der Waals surface area contributed by atoms with Gasteiger partial charge in [0, 0.05) is 37.0 Å². The summed E-state index contributed by atoms with van der Waals surface area (Å²) in [4.78, 5) is 30.8. The number of aromatic nitrogens is 1. The molecule has 36 heavy (non-hydrogen) atoms. The van der Waals surface area contributed by atoms with E-state index in [1.165, 1.54) is 11.1 Å². The van der Waals surface area contributed by atoms with Crippen LogP contribution >= 0.6 is 0 Å². The fourth-order valence-corrected chi connectivity index (χ4v) is 5.57. The molecule has 1 aliphatic carbocycles. The molecule has 1 saturated carbocycles. The van der Waals surface area contributed by atoms with Crippen LogP contribution in [0.15, 0.2) is 77.4 Å². The Morgan fingerprint density at radius 3 is 2.53 bits per heavy atom. The van der Waals surface area contributed by atoms with Crippen LogP contribution in [-0.4, -0.2) is 51.9 Å². The normalized spacial score (nSPS) is 21.7. The van der Waals surface area contributed by atoms with Crippen LogP contribution in [0.5, 0.6) is 0 Å². The molecule has 0 unspecified atom stereocenters. The molecule has 4 aromatic rings. The molecule has 0 N–H and O–H groups in total. The van der Waals surface area contributed by atoms with Crippen molar-refractivity contribution in [1.82, 2.24) is 14.4 Å². The molecule has 1 aliphatic heterocycles. The Bertz CT molecular complexity index is 1400. The van der Waals surface area contributed by atoms with E-state index in [1.54, 1.807) is 6.26 Å². The van der Waals surface area contributed by atoms with Crippen LogP contribution < -0.4 is 0 Å². The van der Waals surface area contributed by atoms with Crippen molar-refractivity contribution in [3.63, 3.8) is 0 Å². The number of benzene rings is 2. The van der Waals surface area contributed by atoms with Crippen molar-refractivity contribution in [2.45, 2.75) is 38.8 Å². The van der Waals surface area contributed by atoms with Crippen molar-refractivity contribution in [3.05, 3.63) is 95.4 Å². The lowest BCUT2D eigenvalue weighted by Gasteiger charge is -2.40. The highest BCUT2D eigenvalue weighted by molar-refractivity contribution is 5.98. The molecular formula is C30H31N3O3. The highest BCUT2D eigenvalue weighted by Crippen LogP contribution is 2.48.